The number of pyridine rings is 1. The molecule has 1 aromatic heterocycles. The SMILES string of the molecule is Cc1ccccc1-c1cc(C(=O)O)c2cccc(Br)c2n1. The Balaban J connectivity index is 2.38. The lowest BCUT2D eigenvalue weighted by Crippen LogP contribution is -2.01. The molecule has 0 amide bonds. The van der Waals surface area contributed by atoms with Crippen LogP contribution in [0.25, 0.3) is 22.2 Å². The van der Waals surface area contributed by atoms with E-state index >= 15 is 0 Å². The van der Waals surface area contributed by atoms with Crippen LogP contribution < -0.4 is 0 Å². The number of carboxylic acid groups (broad SMARTS) is 1. The molecule has 0 saturated heterocycles. The second-order valence-corrected chi connectivity index (χ2v) is 5.67. The summed E-state index contributed by atoms with van der Waals surface area (Å²) in [4.78, 5) is 16.2. The molecule has 0 aliphatic heterocycles. The monoisotopic (exact) mass is 341 g/mol. The van der Waals surface area contributed by atoms with Crippen LogP contribution in [0.3, 0.4) is 0 Å². The van der Waals surface area contributed by atoms with E-state index in [2.05, 4.69) is 20.9 Å². The Morgan fingerprint density at radius 2 is 1.90 bits per heavy atom. The first-order valence-corrected chi connectivity index (χ1v) is 7.26. The van der Waals surface area contributed by atoms with Crippen molar-refractivity contribution >= 4 is 32.8 Å². The number of aromatic nitrogens is 1. The van der Waals surface area contributed by atoms with Gasteiger partial charge in [-0.1, -0.05) is 36.4 Å². The molecular weight excluding hydrogens is 330 g/mol. The Labute approximate surface area is 130 Å². The maximum absolute atomic E-state index is 11.6. The number of hydrogen-bond acceptors (Lipinski definition) is 2. The zero-order chi connectivity index (χ0) is 15.0. The van der Waals surface area contributed by atoms with E-state index in [-0.39, 0.29) is 5.56 Å². The van der Waals surface area contributed by atoms with Crippen molar-refractivity contribution in [2.45, 2.75) is 6.92 Å². The Hall–Kier alpha value is -2.20. The van der Waals surface area contributed by atoms with Crippen molar-refractivity contribution in [3.8, 4) is 11.3 Å². The van der Waals surface area contributed by atoms with Crippen molar-refractivity contribution in [2.24, 2.45) is 0 Å². The molecule has 21 heavy (non-hydrogen) atoms. The average Bonchev–Trinajstić information content (AvgIpc) is 2.47. The van der Waals surface area contributed by atoms with Gasteiger partial charge in [0.25, 0.3) is 0 Å². The highest BCUT2D eigenvalue weighted by Crippen LogP contribution is 2.30. The molecule has 0 atom stereocenters. The molecular formula is C17H12BrNO2. The number of nitrogens with zero attached hydrogens (tertiary/aromatic N) is 1. The summed E-state index contributed by atoms with van der Waals surface area (Å²) in [5, 5.41) is 10.1. The summed E-state index contributed by atoms with van der Waals surface area (Å²) in [7, 11) is 0. The minimum absolute atomic E-state index is 0.263. The number of carbonyl (C=O) groups is 1. The van der Waals surface area contributed by atoms with Crippen LogP contribution in [0.1, 0.15) is 15.9 Å². The molecule has 4 heteroatoms. The number of hydrogen-bond donors (Lipinski definition) is 1. The van der Waals surface area contributed by atoms with Gasteiger partial charge >= 0.3 is 5.97 Å². The van der Waals surface area contributed by atoms with Gasteiger partial charge in [-0.25, -0.2) is 9.78 Å². The van der Waals surface area contributed by atoms with Gasteiger partial charge in [0, 0.05) is 15.4 Å². The molecule has 0 radical (unpaired) electrons. The fraction of sp³-hybridized carbons (Fsp3) is 0.0588. The van der Waals surface area contributed by atoms with Gasteiger partial charge in [0.15, 0.2) is 0 Å². The Bertz CT molecular complexity index is 859. The molecule has 0 spiro atoms. The number of halogens is 1. The first kappa shape index (κ1) is 13.8. The quantitative estimate of drug-likeness (QED) is 0.736. The maximum Gasteiger partial charge on any atom is 0.336 e. The summed E-state index contributed by atoms with van der Waals surface area (Å²) in [6.07, 6.45) is 0. The predicted octanol–water partition coefficient (Wildman–Crippen LogP) is 4.67. The minimum atomic E-state index is -0.949. The van der Waals surface area contributed by atoms with E-state index in [0.29, 0.717) is 16.6 Å². The van der Waals surface area contributed by atoms with E-state index in [9.17, 15) is 9.90 Å². The lowest BCUT2D eigenvalue weighted by atomic mass is 10.0. The lowest BCUT2D eigenvalue weighted by Gasteiger charge is -2.10. The zero-order valence-electron chi connectivity index (χ0n) is 11.3. The minimum Gasteiger partial charge on any atom is -0.478 e. The van der Waals surface area contributed by atoms with Gasteiger partial charge in [-0.3, -0.25) is 0 Å². The van der Waals surface area contributed by atoms with Crippen LogP contribution in [0.5, 0.6) is 0 Å². The number of para-hydroxylation sites is 1. The first-order valence-electron chi connectivity index (χ1n) is 6.46. The van der Waals surface area contributed by atoms with Crippen molar-refractivity contribution in [1.29, 1.82) is 0 Å². The van der Waals surface area contributed by atoms with Crippen molar-refractivity contribution in [1.82, 2.24) is 4.98 Å². The van der Waals surface area contributed by atoms with Gasteiger partial charge in [-0.2, -0.15) is 0 Å². The molecule has 1 N–H and O–H groups in total. The van der Waals surface area contributed by atoms with Gasteiger partial charge in [-0.05, 0) is 40.5 Å². The van der Waals surface area contributed by atoms with Crippen molar-refractivity contribution in [2.75, 3.05) is 0 Å². The largest absolute Gasteiger partial charge is 0.478 e. The highest BCUT2D eigenvalue weighted by Gasteiger charge is 2.15. The molecule has 1 heterocycles. The van der Waals surface area contributed by atoms with Crippen LogP contribution in [0, 0.1) is 6.92 Å². The van der Waals surface area contributed by atoms with Crippen molar-refractivity contribution in [3.05, 3.63) is 64.1 Å². The molecule has 3 rings (SSSR count). The van der Waals surface area contributed by atoms with Gasteiger partial charge < -0.3 is 5.11 Å². The fourth-order valence-corrected chi connectivity index (χ4v) is 2.84. The highest BCUT2D eigenvalue weighted by atomic mass is 79.9. The van der Waals surface area contributed by atoms with Gasteiger partial charge in [0.1, 0.15) is 0 Å². The predicted molar refractivity (Wildman–Crippen MR) is 86.6 cm³/mol. The summed E-state index contributed by atoms with van der Waals surface area (Å²) in [6.45, 7) is 1.99. The number of aryl methyl sites for hydroxylation is 1. The van der Waals surface area contributed by atoms with Crippen LogP contribution in [0.2, 0.25) is 0 Å². The second kappa shape index (κ2) is 5.30. The topological polar surface area (TPSA) is 50.2 Å². The number of rotatable bonds is 2. The van der Waals surface area contributed by atoms with E-state index in [0.717, 1.165) is 15.6 Å². The number of benzene rings is 2. The summed E-state index contributed by atoms with van der Waals surface area (Å²) < 4.78 is 0.790. The van der Waals surface area contributed by atoms with E-state index in [1.165, 1.54) is 0 Å². The van der Waals surface area contributed by atoms with E-state index in [1.54, 1.807) is 12.1 Å². The van der Waals surface area contributed by atoms with Gasteiger partial charge in [0.2, 0.25) is 0 Å². The van der Waals surface area contributed by atoms with Crippen LogP contribution in [0.4, 0.5) is 0 Å². The zero-order valence-corrected chi connectivity index (χ0v) is 12.9. The van der Waals surface area contributed by atoms with Gasteiger partial charge in [-0.15, -0.1) is 0 Å². The molecule has 0 bridgehead atoms. The Kier molecular flexibility index (Phi) is 3.47. The third-order valence-corrected chi connectivity index (χ3v) is 4.08. The van der Waals surface area contributed by atoms with Crippen LogP contribution >= 0.6 is 15.9 Å². The normalized spacial score (nSPS) is 10.8. The van der Waals surface area contributed by atoms with Gasteiger partial charge in [0.05, 0.1) is 16.8 Å². The molecule has 0 unspecified atom stereocenters. The van der Waals surface area contributed by atoms with Crippen LogP contribution in [0.15, 0.2) is 53.0 Å². The average molecular weight is 342 g/mol. The van der Waals surface area contributed by atoms with E-state index < -0.39 is 5.97 Å². The number of aromatic carboxylic acids is 1. The number of fused-ring (bicyclic) bond motifs is 1. The van der Waals surface area contributed by atoms with E-state index in [4.69, 9.17) is 0 Å². The molecule has 104 valence electrons. The molecule has 2 aromatic carbocycles. The van der Waals surface area contributed by atoms with Crippen LogP contribution in [-0.4, -0.2) is 16.1 Å². The Morgan fingerprint density at radius 3 is 2.62 bits per heavy atom. The standard InChI is InChI=1S/C17H12BrNO2/c1-10-5-2-3-6-11(10)15-9-13(17(20)21)12-7-4-8-14(18)16(12)19-15/h2-9H,1H3,(H,20,21). The first-order chi connectivity index (χ1) is 10.1. The molecule has 0 aliphatic carbocycles. The summed E-state index contributed by atoms with van der Waals surface area (Å²) in [6, 6.07) is 14.9. The maximum atomic E-state index is 11.6. The number of carboxylic acids is 1. The van der Waals surface area contributed by atoms with Crippen LogP contribution in [-0.2, 0) is 0 Å². The molecule has 3 nitrogen and oxygen atoms in total. The molecule has 0 saturated carbocycles. The van der Waals surface area contributed by atoms with Crippen molar-refractivity contribution < 1.29 is 9.90 Å². The third kappa shape index (κ3) is 2.43. The smallest absolute Gasteiger partial charge is 0.336 e. The lowest BCUT2D eigenvalue weighted by molar-refractivity contribution is 0.0699. The molecule has 0 aliphatic rings. The highest BCUT2D eigenvalue weighted by molar-refractivity contribution is 9.10. The second-order valence-electron chi connectivity index (χ2n) is 4.81. The third-order valence-electron chi connectivity index (χ3n) is 3.44. The summed E-state index contributed by atoms with van der Waals surface area (Å²) >= 11 is 3.45. The fourth-order valence-electron chi connectivity index (χ4n) is 2.39. The summed E-state index contributed by atoms with van der Waals surface area (Å²) in [5.41, 5.74) is 3.60. The Morgan fingerprint density at radius 1 is 1.14 bits per heavy atom. The summed E-state index contributed by atoms with van der Waals surface area (Å²) in [5.74, 6) is -0.949. The van der Waals surface area contributed by atoms with Crippen molar-refractivity contribution in [3.63, 3.8) is 0 Å². The molecule has 3 aromatic rings. The molecule has 0 fully saturated rings. The van der Waals surface area contributed by atoms with E-state index in [1.807, 2.05) is 43.3 Å².